The molecule has 1 saturated heterocycles. The Kier molecular flexibility index (Phi) is 7.48. The Labute approximate surface area is 171 Å². The van der Waals surface area contributed by atoms with Gasteiger partial charge in [0.2, 0.25) is 11.8 Å². The average molecular weight is 399 g/mol. The predicted molar refractivity (Wildman–Crippen MR) is 109 cm³/mol. The van der Waals surface area contributed by atoms with Crippen molar-refractivity contribution >= 4 is 5.91 Å². The number of piperidine rings is 1. The van der Waals surface area contributed by atoms with Crippen molar-refractivity contribution in [3.8, 4) is 11.6 Å². The monoisotopic (exact) mass is 399 g/mol. The molecule has 3 rings (SSSR count). The summed E-state index contributed by atoms with van der Waals surface area (Å²) in [4.78, 5) is 27.6. The Morgan fingerprint density at radius 2 is 2.00 bits per heavy atom. The number of aryl methyl sites for hydroxylation is 1. The molecule has 1 N–H and O–H groups in total. The van der Waals surface area contributed by atoms with Crippen LogP contribution in [0, 0.1) is 6.92 Å². The zero-order valence-corrected chi connectivity index (χ0v) is 17.3. The molecule has 29 heavy (non-hydrogen) atoms. The summed E-state index contributed by atoms with van der Waals surface area (Å²) in [7, 11) is 1.63. The highest BCUT2D eigenvalue weighted by Crippen LogP contribution is 2.33. The van der Waals surface area contributed by atoms with E-state index in [4.69, 9.17) is 9.47 Å². The Bertz CT molecular complexity index is 808. The van der Waals surface area contributed by atoms with Gasteiger partial charge in [-0.3, -0.25) is 19.7 Å². The van der Waals surface area contributed by atoms with Crippen LogP contribution in [0.5, 0.6) is 11.6 Å². The lowest BCUT2D eigenvalue weighted by atomic mass is 9.93. The molecule has 1 fully saturated rings. The molecule has 0 aromatic carbocycles. The van der Waals surface area contributed by atoms with Crippen LogP contribution < -0.4 is 10.1 Å². The molecule has 1 aliphatic rings. The summed E-state index contributed by atoms with van der Waals surface area (Å²) in [5.41, 5.74) is 1.68. The van der Waals surface area contributed by atoms with Gasteiger partial charge in [-0.2, -0.15) is 0 Å². The molecule has 2 aromatic heterocycles. The van der Waals surface area contributed by atoms with E-state index in [0.717, 1.165) is 37.3 Å². The topological polar surface area (TPSA) is 89.5 Å². The molecule has 3 heterocycles. The first-order chi connectivity index (χ1) is 14.1. The van der Waals surface area contributed by atoms with Crippen molar-refractivity contribution in [1.29, 1.82) is 0 Å². The zero-order valence-electron chi connectivity index (χ0n) is 17.3. The summed E-state index contributed by atoms with van der Waals surface area (Å²) in [6.07, 6.45) is 6.89. The molecule has 8 nitrogen and oxygen atoms in total. The van der Waals surface area contributed by atoms with Gasteiger partial charge in [0.15, 0.2) is 5.75 Å². The van der Waals surface area contributed by atoms with Crippen molar-refractivity contribution in [1.82, 2.24) is 25.2 Å². The number of amides is 1. The fourth-order valence-corrected chi connectivity index (χ4v) is 3.56. The number of methoxy groups -OCH3 is 1. The van der Waals surface area contributed by atoms with Gasteiger partial charge in [0.25, 0.3) is 0 Å². The Morgan fingerprint density at radius 1 is 1.24 bits per heavy atom. The summed E-state index contributed by atoms with van der Waals surface area (Å²) >= 11 is 0. The van der Waals surface area contributed by atoms with Gasteiger partial charge in [-0.15, -0.1) is 0 Å². The SMILES string of the molecule is COC[C@H](C)NC(=O)CN1CCC(c2nccnc2Oc2cccnc2C)CC1. The van der Waals surface area contributed by atoms with Crippen LogP contribution in [0.4, 0.5) is 0 Å². The van der Waals surface area contributed by atoms with Gasteiger partial charge in [-0.05, 0) is 51.9 Å². The molecule has 0 saturated carbocycles. The van der Waals surface area contributed by atoms with E-state index in [1.807, 2.05) is 26.0 Å². The van der Waals surface area contributed by atoms with Crippen LogP contribution in [-0.2, 0) is 9.53 Å². The number of nitrogens with zero attached hydrogens (tertiary/aromatic N) is 4. The molecule has 156 valence electrons. The van der Waals surface area contributed by atoms with E-state index in [0.29, 0.717) is 24.8 Å². The van der Waals surface area contributed by atoms with Gasteiger partial charge in [0.1, 0.15) is 5.69 Å². The van der Waals surface area contributed by atoms with Gasteiger partial charge < -0.3 is 14.8 Å². The summed E-state index contributed by atoms with van der Waals surface area (Å²) in [6.45, 7) is 6.42. The first-order valence-corrected chi connectivity index (χ1v) is 9.98. The summed E-state index contributed by atoms with van der Waals surface area (Å²) in [5, 5.41) is 2.96. The average Bonchev–Trinajstić information content (AvgIpc) is 2.71. The highest BCUT2D eigenvalue weighted by Gasteiger charge is 2.26. The Hall–Kier alpha value is -2.58. The maximum atomic E-state index is 12.2. The summed E-state index contributed by atoms with van der Waals surface area (Å²) in [6, 6.07) is 3.74. The molecule has 8 heteroatoms. The van der Waals surface area contributed by atoms with E-state index in [2.05, 4.69) is 25.2 Å². The van der Waals surface area contributed by atoms with E-state index in [9.17, 15) is 4.79 Å². The quantitative estimate of drug-likeness (QED) is 0.728. The van der Waals surface area contributed by atoms with E-state index >= 15 is 0 Å². The maximum absolute atomic E-state index is 12.2. The minimum absolute atomic E-state index is 0.0141. The van der Waals surface area contributed by atoms with E-state index < -0.39 is 0 Å². The van der Waals surface area contributed by atoms with Gasteiger partial charge in [0.05, 0.1) is 18.8 Å². The standard InChI is InChI=1S/C21H29N5O3/c1-15(14-28-3)25-19(27)13-26-11-6-17(7-12-26)20-21(24-10-9-23-20)29-18-5-4-8-22-16(18)2/h4-5,8-10,15,17H,6-7,11-14H2,1-3H3,(H,25,27)/t15-/m0/s1. The lowest BCUT2D eigenvalue weighted by Gasteiger charge is -2.31. The third kappa shape index (κ3) is 5.95. The fraction of sp³-hybridized carbons (Fsp3) is 0.524. The van der Waals surface area contributed by atoms with E-state index in [1.54, 1.807) is 25.7 Å². The molecular weight excluding hydrogens is 370 g/mol. The van der Waals surface area contributed by atoms with Crippen molar-refractivity contribution in [3.05, 3.63) is 42.1 Å². The summed E-state index contributed by atoms with van der Waals surface area (Å²) in [5.74, 6) is 1.51. The first kappa shape index (κ1) is 21.1. The smallest absolute Gasteiger partial charge is 0.241 e. The van der Waals surface area contributed by atoms with Crippen molar-refractivity contribution in [3.63, 3.8) is 0 Å². The van der Waals surface area contributed by atoms with Crippen LogP contribution in [0.1, 0.15) is 37.1 Å². The van der Waals surface area contributed by atoms with E-state index in [1.165, 1.54) is 0 Å². The summed E-state index contributed by atoms with van der Waals surface area (Å²) < 4.78 is 11.1. The van der Waals surface area contributed by atoms with Crippen molar-refractivity contribution in [2.75, 3.05) is 33.4 Å². The number of carbonyl (C=O) groups is 1. The van der Waals surface area contributed by atoms with E-state index in [-0.39, 0.29) is 17.9 Å². The van der Waals surface area contributed by atoms with Crippen molar-refractivity contribution < 1.29 is 14.3 Å². The lowest BCUT2D eigenvalue weighted by molar-refractivity contribution is -0.123. The van der Waals surface area contributed by atoms with Crippen LogP contribution in [0.3, 0.4) is 0 Å². The van der Waals surface area contributed by atoms with Crippen LogP contribution in [0.2, 0.25) is 0 Å². The Balaban J connectivity index is 1.57. The molecule has 0 aliphatic carbocycles. The van der Waals surface area contributed by atoms with Crippen LogP contribution >= 0.6 is 0 Å². The number of likely N-dealkylation sites (tertiary alicyclic amines) is 1. The molecule has 1 aliphatic heterocycles. The number of rotatable bonds is 8. The molecule has 0 spiro atoms. The van der Waals surface area contributed by atoms with Crippen LogP contribution in [-0.4, -0.2) is 65.2 Å². The third-order valence-corrected chi connectivity index (χ3v) is 5.02. The molecular formula is C21H29N5O3. The molecule has 2 aromatic rings. The maximum Gasteiger partial charge on any atom is 0.241 e. The number of carbonyl (C=O) groups excluding carboxylic acids is 1. The van der Waals surface area contributed by atoms with Gasteiger partial charge in [0, 0.05) is 37.7 Å². The highest BCUT2D eigenvalue weighted by molar-refractivity contribution is 5.78. The highest BCUT2D eigenvalue weighted by atomic mass is 16.5. The molecule has 0 bridgehead atoms. The van der Waals surface area contributed by atoms with Crippen molar-refractivity contribution in [2.24, 2.45) is 0 Å². The Morgan fingerprint density at radius 3 is 2.72 bits per heavy atom. The first-order valence-electron chi connectivity index (χ1n) is 9.98. The molecule has 1 atom stereocenters. The van der Waals surface area contributed by atoms with Gasteiger partial charge >= 0.3 is 0 Å². The fourth-order valence-electron chi connectivity index (χ4n) is 3.56. The number of hydrogen-bond donors (Lipinski definition) is 1. The van der Waals surface area contributed by atoms with Crippen molar-refractivity contribution in [2.45, 2.75) is 38.6 Å². The number of hydrogen-bond acceptors (Lipinski definition) is 7. The normalized spacial score (nSPS) is 16.4. The van der Waals surface area contributed by atoms with Gasteiger partial charge in [-0.25, -0.2) is 4.98 Å². The minimum atomic E-state index is 0.0141. The van der Waals surface area contributed by atoms with Crippen LogP contribution in [0.15, 0.2) is 30.7 Å². The molecule has 0 unspecified atom stereocenters. The second kappa shape index (κ2) is 10.3. The number of ether oxygens (including phenoxy) is 2. The third-order valence-electron chi connectivity index (χ3n) is 5.02. The second-order valence-electron chi connectivity index (χ2n) is 7.41. The largest absolute Gasteiger partial charge is 0.435 e. The minimum Gasteiger partial charge on any atom is -0.435 e. The molecule has 0 radical (unpaired) electrons. The zero-order chi connectivity index (χ0) is 20.6. The number of pyridine rings is 1. The number of nitrogens with one attached hydrogen (secondary N) is 1. The molecule has 1 amide bonds. The second-order valence-corrected chi connectivity index (χ2v) is 7.41. The predicted octanol–water partition coefficient (Wildman–Crippen LogP) is 2.30. The van der Waals surface area contributed by atoms with Gasteiger partial charge in [-0.1, -0.05) is 0 Å². The number of aromatic nitrogens is 3. The lowest BCUT2D eigenvalue weighted by Crippen LogP contribution is -2.44. The van der Waals surface area contributed by atoms with Crippen LogP contribution in [0.25, 0.3) is 0 Å².